The van der Waals surface area contributed by atoms with Crippen LogP contribution in [0.3, 0.4) is 0 Å². The average molecular weight is 208 g/mol. The fourth-order valence-electron chi connectivity index (χ4n) is 1.77. The predicted octanol–water partition coefficient (Wildman–Crippen LogP) is 1.93. The van der Waals surface area contributed by atoms with Crippen LogP contribution in [-0.2, 0) is 17.8 Å². The largest absolute Gasteiger partial charge is 0.426 e. The topological polar surface area (TPSA) is 39.4 Å². The third kappa shape index (κ3) is 1.04. The molecule has 3 heterocycles. The molecule has 1 aliphatic heterocycles. The molecule has 0 unspecified atom stereocenters. The van der Waals surface area contributed by atoms with Gasteiger partial charge in [-0.15, -0.1) is 11.3 Å². The van der Waals surface area contributed by atoms with E-state index >= 15 is 0 Å². The van der Waals surface area contributed by atoms with E-state index in [1.54, 1.807) is 0 Å². The van der Waals surface area contributed by atoms with Crippen LogP contribution in [0.15, 0.2) is 20.7 Å². The molecule has 14 heavy (non-hydrogen) atoms. The molecule has 0 aromatic carbocycles. The maximum atomic E-state index is 11.5. The van der Waals surface area contributed by atoms with E-state index in [0.717, 1.165) is 16.7 Å². The summed E-state index contributed by atoms with van der Waals surface area (Å²) in [6.07, 6.45) is 0.705. The zero-order chi connectivity index (χ0) is 9.54. The normalized spacial score (nSPS) is 15.7. The minimum atomic E-state index is -0.212. The Kier molecular flexibility index (Phi) is 1.72. The van der Waals surface area contributed by atoms with E-state index < -0.39 is 0 Å². The second kappa shape index (κ2) is 2.93. The second-order valence-electron chi connectivity index (χ2n) is 3.26. The van der Waals surface area contributed by atoms with Gasteiger partial charge in [-0.3, -0.25) is 0 Å². The number of fused-ring (bicyclic) bond motifs is 3. The molecular formula is C10H8O3S. The Labute approximate surface area is 83.9 Å². The van der Waals surface area contributed by atoms with Crippen molar-refractivity contribution in [3.8, 4) is 0 Å². The predicted molar refractivity (Wildman–Crippen MR) is 53.7 cm³/mol. The monoisotopic (exact) mass is 208 g/mol. The van der Waals surface area contributed by atoms with Gasteiger partial charge in [0.05, 0.1) is 13.2 Å². The molecule has 0 radical (unpaired) electrons. The summed E-state index contributed by atoms with van der Waals surface area (Å²) in [6.45, 7) is 1.21. The van der Waals surface area contributed by atoms with Gasteiger partial charge in [0.25, 0.3) is 0 Å². The van der Waals surface area contributed by atoms with Gasteiger partial charge in [0, 0.05) is 17.4 Å². The maximum absolute atomic E-state index is 11.5. The average Bonchev–Trinajstić information content (AvgIpc) is 2.67. The van der Waals surface area contributed by atoms with Crippen LogP contribution in [-0.4, -0.2) is 6.61 Å². The Morgan fingerprint density at radius 2 is 2.36 bits per heavy atom. The van der Waals surface area contributed by atoms with Crippen LogP contribution >= 0.6 is 11.3 Å². The molecule has 0 saturated carbocycles. The van der Waals surface area contributed by atoms with Crippen LogP contribution in [0.4, 0.5) is 0 Å². The highest BCUT2D eigenvalue weighted by Crippen LogP contribution is 2.26. The van der Waals surface area contributed by atoms with Crippen LogP contribution in [0.2, 0.25) is 0 Å². The van der Waals surface area contributed by atoms with Crippen molar-refractivity contribution >= 4 is 21.4 Å². The molecule has 0 atom stereocenters. The minimum absolute atomic E-state index is 0.212. The first-order valence-corrected chi connectivity index (χ1v) is 5.34. The van der Waals surface area contributed by atoms with Crippen molar-refractivity contribution < 1.29 is 9.15 Å². The van der Waals surface area contributed by atoms with Crippen LogP contribution in [0.25, 0.3) is 10.1 Å². The summed E-state index contributed by atoms with van der Waals surface area (Å²) in [6, 6.07) is 1.96. The van der Waals surface area contributed by atoms with Gasteiger partial charge >= 0.3 is 5.63 Å². The van der Waals surface area contributed by atoms with E-state index in [0.29, 0.717) is 24.3 Å². The van der Waals surface area contributed by atoms with Gasteiger partial charge in [0.2, 0.25) is 0 Å². The van der Waals surface area contributed by atoms with Gasteiger partial charge in [-0.1, -0.05) is 0 Å². The van der Waals surface area contributed by atoms with Gasteiger partial charge in [-0.25, -0.2) is 4.79 Å². The molecule has 1 aliphatic rings. The van der Waals surface area contributed by atoms with Crippen molar-refractivity contribution in [2.75, 3.05) is 6.61 Å². The molecule has 2 aromatic heterocycles. The quantitative estimate of drug-likeness (QED) is 0.664. The van der Waals surface area contributed by atoms with E-state index in [2.05, 4.69) is 0 Å². The van der Waals surface area contributed by atoms with E-state index in [4.69, 9.17) is 9.15 Å². The van der Waals surface area contributed by atoms with Crippen LogP contribution in [0.1, 0.15) is 11.3 Å². The minimum Gasteiger partial charge on any atom is -0.426 e. The van der Waals surface area contributed by atoms with Crippen LogP contribution < -0.4 is 5.63 Å². The van der Waals surface area contributed by atoms with Gasteiger partial charge < -0.3 is 9.15 Å². The number of hydrogen-bond acceptors (Lipinski definition) is 4. The van der Waals surface area contributed by atoms with E-state index in [1.165, 1.54) is 11.3 Å². The molecule has 3 rings (SSSR count). The summed E-state index contributed by atoms with van der Waals surface area (Å²) in [5.41, 5.74) is 0.836. The first kappa shape index (κ1) is 8.20. The van der Waals surface area contributed by atoms with Crippen molar-refractivity contribution in [3.63, 3.8) is 0 Å². The molecule has 0 saturated heterocycles. The van der Waals surface area contributed by atoms with Gasteiger partial charge in [-0.2, -0.15) is 0 Å². The molecule has 0 spiro atoms. The summed E-state index contributed by atoms with van der Waals surface area (Å²) in [5, 5.41) is 2.91. The van der Waals surface area contributed by atoms with Crippen molar-refractivity contribution in [1.29, 1.82) is 0 Å². The van der Waals surface area contributed by atoms with E-state index in [1.807, 2.05) is 11.4 Å². The first-order valence-electron chi connectivity index (χ1n) is 4.46. The summed E-state index contributed by atoms with van der Waals surface area (Å²) >= 11 is 1.42. The lowest BCUT2D eigenvalue weighted by atomic mass is 10.1. The third-order valence-corrected chi connectivity index (χ3v) is 3.34. The van der Waals surface area contributed by atoms with Crippen LogP contribution in [0, 0.1) is 0 Å². The fourth-order valence-corrected chi connectivity index (χ4v) is 2.57. The fraction of sp³-hybridized carbons (Fsp3) is 0.300. The van der Waals surface area contributed by atoms with E-state index in [-0.39, 0.29) is 5.63 Å². The summed E-state index contributed by atoms with van der Waals surface area (Å²) in [5.74, 6) is 0.798. The lowest BCUT2D eigenvalue weighted by Crippen LogP contribution is -2.13. The second-order valence-corrected chi connectivity index (χ2v) is 4.17. The third-order valence-electron chi connectivity index (χ3n) is 2.45. The summed E-state index contributed by atoms with van der Waals surface area (Å²) < 4.78 is 11.3. The maximum Gasteiger partial charge on any atom is 0.354 e. The summed E-state index contributed by atoms with van der Waals surface area (Å²) in [7, 11) is 0. The molecule has 0 aliphatic carbocycles. The Morgan fingerprint density at radius 3 is 3.29 bits per heavy atom. The molecular weight excluding hydrogens is 200 g/mol. The zero-order valence-electron chi connectivity index (χ0n) is 7.41. The number of rotatable bonds is 0. The SMILES string of the molecule is O=c1oc2c(c3ccsc13)COCC2. The summed E-state index contributed by atoms with van der Waals surface area (Å²) in [4.78, 5) is 11.5. The standard InChI is InChI=1S/C10H8O3S/c11-10-9-6(2-4-14-9)7-5-12-3-1-8(7)13-10/h2,4H,1,3,5H2. The van der Waals surface area contributed by atoms with Gasteiger partial charge in [-0.05, 0) is 11.4 Å². The van der Waals surface area contributed by atoms with Crippen LogP contribution in [0.5, 0.6) is 0 Å². The molecule has 2 aromatic rings. The van der Waals surface area contributed by atoms with Crippen molar-refractivity contribution in [2.24, 2.45) is 0 Å². The zero-order valence-corrected chi connectivity index (χ0v) is 8.23. The highest BCUT2D eigenvalue weighted by molar-refractivity contribution is 7.17. The van der Waals surface area contributed by atoms with Crippen molar-refractivity contribution in [3.05, 3.63) is 33.2 Å². The number of ether oxygens (including phenoxy) is 1. The Morgan fingerprint density at radius 1 is 1.43 bits per heavy atom. The highest BCUT2D eigenvalue weighted by atomic mass is 32.1. The molecule has 4 heteroatoms. The number of thiophene rings is 1. The van der Waals surface area contributed by atoms with Gasteiger partial charge in [0.1, 0.15) is 10.5 Å². The molecule has 3 nitrogen and oxygen atoms in total. The molecule has 0 bridgehead atoms. The molecule has 0 N–H and O–H groups in total. The molecule has 0 amide bonds. The lowest BCUT2D eigenvalue weighted by molar-refractivity contribution is 0.102. The Balaban J connectivity index is 2.44. The molecule has 72 valence electrons. The first-order chi connectivity index (χ1) is 6.86. The Bertz CT molecular complexity index is 538. The van der Waals surface area contributed by atoms with Crippen molar-refractivity contribution in [1.82, 2.24) is 0 Å². The smallest absolute Gasteiger partial charge is 0.354 e. The highest BCUT2D eigenvalue weighted by Gasteiger charge is 2.17. The number of hydrogen-bond donors (Lipinski definition) is 0. The Hall–Kier alpha value is -1.13. The lowest BCUT2D eigenvalue weighted by Gasteiger charge is -2.14. The molecule has 0 fully saturated rings. The van der Waals surface area contributed by atoms with Crippen molar-refractivity contribution in [2.45, 2.75) is 13.0 Å². The van der Waals surface area contributed by atoms with Gasteiger partial charge in [0.15, 0.2) is 0 Å². The van der Waals surface area contributed by atoms with E-state index in [9.17, 15) is 4.79 Å².